The Morgan fingerprint density at radius 2 is 2.30 bits per heavy atom. The number of nitrogens with one attached hydrogen (secondary N) is 1. The van der Waals surface area contributed by atoms with Crippen molar-refractivity contribution in [3.05, 3.63) is 18.5 Å². The molecule has 8 nitrogen and oxygen atoms in total. The van der Waals surface area contributed by atoms with Crippen molar-refractivity contribution in [3.63, 3.8) is 0 Å². The van der Waals surface area contributed by atoms with E-state index in [0.717, 1.165) is 11.7 Å². The van der Waals surface area contributed by atoms with E-state index in [0.29, 0.717) is 17.1 Å². The molecule has 0 bridgehead atoms. The third kappa shape index (κ3) is 2.58. The normalized spacial score (nSPS) is 12.0. The summed E-state index contributed by atoms with van der Waals surface area (Å²) in [5, 5.41) is 0.847. The summed E-state index contributed by atoms with van der Waals surface area (Å²) >= 11 is 0. The summed E-state index contributed by atoms with van der Waals surface area (Å²) in [6.07, 6.45) is 4.44. The van der Waals surface area contributed by atoms with Gasteiger partial charge in [-0.05, 0) is 6.07 Å². The first-order valence-corrected chi connectivity index (χ1v) is 5.61. The van der Waals surface area contributed by atoms with E-state index < -0.39 is 5.97 Å². The van der Waals surface area contributed by atoms with Crippen molar-refractivity contribution < 1.29 is 14.3 Å². The van der Waals surface area contributed by atoms with E-state index >= 15 is 0 Å². The Kier molecular flexibility index (Phi) is 3.94. The van der Waals surface area contributed by atoms with Gasteiger partial charge in [-0.25, -0.2) is 19.8 Å². The molecule has 2 heterocycles. The molecule has 0 aliphatic rings. The Bertz CT molecular complexity index is 689. The summed E-state index contributed by atoms with van der Waals surface area (Å²) in [6.45, 7) is 0. The zero-order valence-corrected chi connectivity index (χ0v) is 11.0. The lowest BCUT2D eigenvalue weighted by Gasteiger charge is -2.02. The van der Waals surface area contributed by atoms with E-state index in [1.807, 2.05) is 6.07 Å². The summed E-state index contributed by atoms with van der Waals surface area (Å²) in [5.41, 5.74) is 6.07. The van der Waals surface area contributed by atoms with E-state index in [4.69, 9.17) is 10.5 Å². The van der Waals surface area contributed by atoms with Gasteiger partial charge in [0.2, 0.25) is 5.84 Å². The van der Waals surface area contributed by atoms with Crippen LogP contribution in [0.25, 0.3) is 10.9 Å². The minimum Gasteiger partial charge on any atom is -0.494 e. The third-order valence-electron chi connectivity index (χ3n) is 2.53. The highest BCUT2D eigenvalue weighted by Crippen LogP contribution is 2.29. The zero-order valence-electron chi connectivity index (χ0n) is 11.0. The monoisotopic (exact) mass is 275 g/mol. The molecule has 0 aliphatic carbocycles. The van der Waals surface area contributed by atoms with Gasteiger partial charge in [-0.15, -0.1) is 0 Å². The number of rotatable bonds is 3. The van der Waals surface area contributed by atoms with Crippen LogP contribution in [0.1, 0.15) is 0 Å². The predicted molar refractivity (Wildman–Crippen MR) is 74.4 cm³/mol. The standard InChI is InChI=1S/C12H13N5O3/c1-19-8-5-15-11(9-7(8)3-4-14-9)17-6-16-10(13)12(18)20-2/h3-6,14H,1-2H3,(H2,13,15,16,17). The van der Waals surface area contributed by atoms with Crippen LogP contribution in [0.5, 0.6) is 5.75 Å². The second-order valence-corrected chi connectivity index (χ2v) is 3.67. The first-order valence-electron chi connectivity index (χ1n) is 5.61. The van der Waals surface area contributed by atoms with Gasteiger partial charge in [-0.2, -0.15) is 0 Å². The maximum absolute atomic E-state index is 11.0. The molecule has 20 heavy (non-hydrogen) atoms. The van der Waals surface area contributed by atoms with Crippen LogP contribution in [0.4, 0.5) is 5.82 Å². The first kappa shape index (κ1) is 13.5. The lowest BCUT2D eigenvalue weighted by atomic mass is 10.3. The highest BCUT2D eigenvalue weighted by molar-refractivity contribution is 6.35. The molecule has 8 heteroatoms. The highest BCUT2D eigenvalue weighted by atomic mass is 16.5. The molecule has 0 aromatic carbocycles. The molecule has 3 N–H and O–H groups in total. The van der Waals surface area contributed by atoms with Gasteiger partial charge in [0.1, 0.15) is 12.1 Å². The van der Waals surface area contributed by atoms with Gasteiger partial charge in [0.05, 0.1) is 25.9 Å². The molecule has 2 rings (SSSR count). The van der Waals surface area contributed by atoms with Crippen molar-refractivity contribution in [1.82, 2.24) is 9.97 Å². The van der Waals surface area contributed by atoms with Crippen LogP contribution in [0, 0.1) is 0 Å². The van der Waals surface area contributed by atoms with Crippen LogP contribution in [-0.4, -0.2) is 42.3 Å². The number of aromatic nitrogens is 2. The topological polar surface area (TPSA) is 115 Å². The van der Waals surface area contributed by atoms with E-state index in [-0.39, 0.29) is 5.84 Å². The number of H-pyrrole nitrogens is 1. The summed E-state index contributed by atoms with van der Waals surface area (Å²) in [5.74, 6) is 0.0432. The minimum atomic E-state index is -0.718. The lowest BCUT2D eigenvalue weighted by molar-refractivity contribution is -0.132. The van der Waals surface area contributed by atoms with Crippen LogP contribution in [0.3, 0.4) is 0 Å². The van der Waals surface area contributed by atoms with Crippen molar-refractivity contribution in [2.75, 3.05) is 14.2 Å². The molecule has 0 fully saturated rings. The van der Waals surface area contributed by atoms with Gasteiger partial charge in [0.15, 0.2) is 5.82 Å². The maximum atomic E-state index is 11.0. The second kappa shape index (κ2) is 5.83. The third-order valence-corrected chi connectivity index (χ3v) is 2.53. The van der Waals surface area contributed by atoms with Crippen molar-refractivity contribution in [1.29, 1.82) is 0 Å². The molecular weight excluding hydrogens is 262 g/mol. The predicted octanol–water partition coefficient (Wildman–Crippen LogP) is 0.761. The number of esters is 1. The van der Waals surface area contributed by atoms with Crippen LogP contribution in [-0.2, 0) is 9.53 Å². The van der Waals surface area contributed by atoms with E-state index in [2.05, 4.69) is 24.7 Å². The number of methoxy groups -OCH3 is 2. The number of hydrogen-bond donors (Lipinski definition) is 2. The van der Waals surface area contributed by atoms with Crippen molar-refractivity contribution in [3.8, 4) is 5.75 Å². The number of aliphatic imine (C=N–C) groups is 2. The number of aromatic amines is 1. The summed E-state index contributed by atoms with van der Waals surface area (Å²) < 4.78 is 9.59. The molecule has 2 aromatic heterocycles. The molecule has 0 saturated carbocycles. The fourth-order valence-corrected chi connectivity index (χ4v) is 1.58. The summed E-state index contributed by atoms with van der Waals surface area (Å²) in [6, 6.07) is 1.85. The van der Waals surface area contributed by atoms with Gasteiger partial charge in [-0.1, -0.05) is 0 Å². The molecule has 0 aliphatic heterocycles. The Balaban J connectivity index is 2.31. The molecule has 0 atom stereocenters. The maximum Gasteiger partial charge on any atom is 0.373 e. The average Bonchev–Trinajstić information content (AvgIpc) is 2.96. The minimum absolute atomic E-state index is 0.285. The summed E-state index contributed by atoms with van der Waals surface area (Å²) in [7, 11) is 2.78. The Morgan fingerprint density at radius 1 is 1.50 bits per heavy atom. The van der Waals surface area contributed by atoms with Crippen LogP contribution in [0.2, 0.25) is 0 Å². The number of carbonyl (C=O) groups excluding carboxylic acids is 1. The zero-order chi connectivity index (χ0) is 14.5. The van der Waals surface area contributed by atoms with Crippen molar-refractivity contribution in [2.45, 2.75) is 0 Å². The molecule has 104 valence electrons. The van der Waals surface area contributed by atoms with Gasteiger partial charge >= 0.3 is 5.97 Å². The largest absolute Gasteiger partial charge is 0.494 e. The summed E-state index contributed by atoms with van der Waals surface area (Å²) in [4.78, 5) is 25.9. The van der Waals surface area contributed by atoms with E-state index in [9.17, 15) is 4.79 Å². The molecular formula is C12H13N5O3. The number of pyridine rings is 1. The van der Waals surface area contributed by atoms with Crippen LogP contribution >= 0.6 is 0 Å². The second-order valence-electron chi connectivity index (χ2n) is 3.67. The molecule has 0 radical (unpaired) electrons. The van der Waals surface area contributed by atoms with Gasteiger partial charge in [0, 0.05) is 11.6 Å². The fourth-order valence-electron chi connectivity index (χ4n) is 1.58. The fraction of sp³-hybridized carbons (Fsp3) is 0.167. The molecule has 0 saturated heterocycles. The Hall–Kier alpha value is -2.90. The SMILES string of the molecule is COC(=O)C(N)=NC=Nc1ncc(OC)c2cc[nH]c12. The Morgan fingerprint density at radius 3 is 3.00 bits per heavy atom. The molecule has 2 aromatic rings. The van der Waals surface area contributed by atoms with Crippen molar-refractivity contribution >= 4 is 34.9 Å². The van der Waals surface area contributed by atoms with E-state index in [1.165, 1.54) is 7.11 Å². The average molecular weight is 275 g/mol. The lowest BCUT2D eigenvalue weighted by Crippen LogP contribution is -2.24. The number of nitrogens with zero attached hydrogens (tertiary/aromatic N) is 3. The number of ether oxygens (including phenoxy) is 2. The Labute approximate surface area is 114 Å². The van der Waals surface area contributed by atoms with Crippen LogP contribution in [0.15, 0.2) is 28.4 Å². The van der Waals surface area contributed by atoms with Gasteiger partial charge in [-0.3, -0.25) is 0 Å². The molecule has 0 unspecified atom stereocenters. The van der Waals surface area contributed by atoms with Gasteiger partial charge < -0.3 is 20.2 Å². The quantitative estimate of drug-likeness (QED) is 0.487. The van der Waals surface area contributed by atoms with Gasteiger partial charge in [0.25, 0.3) is 0 Å². The molecule has 0 amide bonds. The van der Waals surface area contributed by atoms with E-state index in [1.54, 1.807) is 19.5 Å². The number of carbonyl (C=O) groups is 1. The first-order chi connectivity index (χ1) is 9.67. The smallest absolute Gasteiger partial charge is 0.373 e. The highest BCUT2D eigenvalue weighted by Gasteiger charge is 2.08. The number of nitrogens with two attached hydrogens (primary N) is 1. The number of amidine groups is 1. The van der Waals surface area contributed by atoms with Crippen LogP contribution < -0.4 is 10.5 Å². The van der Waals surface area contributed by atoms with Crippen molar-refractivity contribution in [2.24, 2.45) is 15.7 Å². The molecule has 0 spiro atoms. The number of hydrogen-bond acceptors (Lipinski definition) is 5. The number of fused-ring (bicyclic) bond motifs is 1.